The average Bonchev–Trinajstić information content (AvgIpc) is 2.96. The number of aryl methyl sites for hydroxylation is 1. The fraction of sp³-hybridized carbons (Fsp3) is 0.200. The maximum absolute atomic E-state index is 14.2. The van der Waals surface area contributed by atoms with Crippen molar-refractivity contribution in [3.8, 4) is 0 Å². The predicted octanol–water partition coefficient (Wildman–Crippen LogP) is 3.20. The monoisotopic (exact) mass is 320 g/mol. The van der Waals surface area contributed by atoms with Crippen LogP contribution >= 0.6 is 11.6 Å². The number of H-pyrrole nitrogens is 1. The third-order valence-electron chi connectivity index (χ3n) is 3.38. The van der Waals surface area contributed by atoms with Gasteiger partial charge in [0.2, 0.25) is 0 Å². The zero-order valence-electron chi connectivity index (χ0n) is 11.8. The molecule has 0 amide bonds. The molecular weight excluding hydrogens is 307 g/mol. The summed E-state index contributed by atoms with van der Waals surface area (Å²) in [6.07, 6.45) is 1.75. The number of nitrogens with zero attached hydrogens (tertiary/aromatic N) is 2. The van der Waals surface area contributed by atoms with Crippen molar-refractivity contribution in [1.29, 1.82) is 0 Å². The Labute approximate surface area is 131 Å². The number of benzene rings is 1. The van der Waals surface area contributed by atoms with Gasteiger partial charge in [-0.05, 0) is 19.1 Å². The molecule has 1 atom stereocenters. The van der Waals surface area contributed by atoms with Crippen molar-refractivity contribution < 1.29 is 9.50 Å². The largest absolute Gasteiger partial charge is 0.394 e. The molecule has 3 rings (SSSR count). The Kier molecular flexibility index (Phi) is 3.96. The number of hydrogen-bond donors (Lipinski definition) is 3. The molecule has 1 aromatic carbocycles. The minimum atomic E-state index is -0.661. The minimum absolute atomic E-state index is 0.0170. The number of aliphatic hydroxyl groups is 1. The van der Waals surface area contributed by atoms with Crippen molar-refractivity contribution in [3.05, 3.63) is 52.7 Å². The fourth-order valence-electron chi connectivity index (χ4n) is 2.34. The van der Waals surface area contributed by atoms with E-state index in [9.17, 15) is 9.50 Å². The van der Waals surface area contributed by atoms with Crippen molar-refractivity contribution in [2.75, 3.05) is 11.9 Å². The van der Waals surface area contributed by atoms with Crippen LogP contribution in [0.5, 0.6) is 0 Å². The lowest BCUT2D eigenvalue weighted by molar-refractivity contribution is 0.273. The smallest absolute Gasteiger partial charge is 0.147 e. The van der Waals surface area contributed by atoms with Crippen LogP contribution in [-0.4, -0.2) is 26.7 Å². The number of fused-ring (bicyclic) bond motifs is 1. The SMILES string of the molecule is Cc1nc(NC(CO)c2cccc(Cl)c2F)c2cc[nH]c2n1. The molecule has 0 saturated carbocycles. The highest BCUT2D eigenvalue weighted by atomic mass is 35.5. The van der Waals surface area contributed by atoms with Gasteiger partial charge in [-0.1, -0.05) is 23.7 Å². The highest BCUT2D eigenvalue weighted by molar-refractivity contribution is 6.30. The van der Waals surface area contributed by atoms with E-state index in [4.69, 9.17) is 11.6 Å². The van der Waals surface area contributed by atoms with Gasteiger partial charge < -0.3 is 15.4 Å². The van der Waals surface area contributed by atoms with Gasteiger partial charge in [0.15, 0.2) is 0 Å². The van der Waals surface area contributed by atoms with Crippen molar-refractivity contribution in [1.82, 2.24) is 15.0 Å². The summed E-state index contributed by atoms with van der Waals surface area (Å²) in [5.74, 6) is 0.551. The number of nitrogens with one attached hydrogen (secondary N) is 2. The molecule has 3 aromatic rings. The summed E-state index contributed by atoms with van der Waals surface area (Å²) in [5.41, 5.74) is 0.966. The third-order valence-corrected chi connectivity index (χ3v) is 3.67. The number of halogens is 2. The summed E-state index contributed by atoms with van der Waals surface area (Å²) in [5, 5.41) is 13.5. The lowest BCUT2D eigenvalue weighted by atomic mass is 10.1. The van der Waals surface area contributed by atoms with Crippen LogP contribution in [-0.2, 0) is 0 Å². The van der Waals surface area contributed by atoms with Crippen LogP contribution in [0.25, 0.3) is 11.0 Å². The second kappa shape index (κ2) is 5.90. The molecule has 0 aliphatic carbocycles. The Bertz CT molecular complexity index is 820. The fourth-order valence-corrected chi connectivity index (χ4v) is 2.52. The van der Waals surface area contributed by atoms with Crippen molar-refractivity contribution in [2.24, 2.45) is 0 Å². The van der Waals surface area contributed by atoms with Crippen LogP contribution in [0.4, 0.5) is 10.2 Å². The van der Waals surface area contributed by atoms with Gasteiger partial charge in [0.25, 0.3) is 0 Å². The molecule has 0 radical (unpaired) electrons. The molecule has 0 aliphatic rings. The zero-order valence-corrected chi connectivity index (χ0v) is 12.5. The Morgan fingerprint density at radius 3 is 2.95 bits per heavy atom. The number of anilines is 1. The van der Waals surface area contributed by atoms with Crippen molar-refractivity contribution >= 4 is 28.5 Å². The van der Waals surface area contributed by atoms with E-state index in [1.54, 1.807) is 25.3 Å². The number of hydrogen-bond acceptors (Lipinski definition) is 4. The van der Waals surface area contributed by atoms with Crippen molar-refractivity contribution in [2.45, 2.75) is 13.0 Å². The van der Waals surface area contributed by atoms with Gasteiger partial charge in [0, 0.05) is 11.8 Å². The molecule has 0 spiro atoms. The number of aliphatic hydroxyl groups excluding tert-OH is 1. The molecule has 0 bridgehead atoms. The van der Waals surface area contributed by atoms with Crippen LogP contribution in [0.2, 0.25) is 5.02 Å². The Balaban J connectivity index is 2.01. The Hall–Kier alpha value is -2.18. The van der Waals surface area contributed by atoms with Gasteiger partial charge >= 0.3 is 0 Å². The van der Waals surface area contributed by atoms with Crippen LogP contribution in [0.1, 0.15) is 17.4 Å². The molecule has 2 aromatic heterocycles. The second-order valence-corrected chi connectivity index (χ2v) is 5.29. The van der Waals surface area contributed by atoms with Crippen LogP contribution in [0.3, 0.4) is 0 Å². The summed E-state index contributed by atoms with van der Waals surface area (Å²) >= 11 is 5.81. The number of aromatic nitrogens is 3. The van der Waals surface area contributed by atoms with Gasteiger partial charge in [-0.2, -0.15) is 0 Å². The molecule has 1 unspecified atom stereocenters. The van der Waals surface area contributed by atoms with Gasteiger partial charge in [-0.15, -0.1) is 0 Å². The maximum atomic E-state index is 14.2. The van der Waals surface area contributed by atoms with E-state index < -0.39 is 11.9 Å². The summed E-state index contributed by atoms with van der Waals surface area (Å²) in [6.45, 7) is 1.46. The molecule has 3 N–H and O–H groups in total. The maximum Gasteiger partial charge on any atom is 0.147 e. The summed E-state index contributed by atoms with van der Waals surface area (Å²) < 4.78 is 14.2. The third kappa shape index (κ3) is 2.63. The van der Waals surface area contributed by atoms with Crippen LogP contribution in [0.15, 0.2) is 30.5 Å². The van der Waals surface area contributed by atoms with E-state index in [0.29, 0.717) is 17.3 Å². The molecule has 0 saturated heterocycles. The van der Waals surface area contributed by atoms with Crippen LogP contribution < -0.4 is 5.32 Å². The van der Waals surface area contributed by atoms with Gasteiger partial charge in [-0.25, -0.2) is 14.4 Å². The number of aromatic amines is 1. The second-order valence-electron chi connectivity index (χ2n) is 4.88. The van der Waals surface area contributed by atoms with Gasteiger partial charge in [0.05, 0.1) is 23.1 Å². The molecule has 22 heavy (non-hydrogen) atoms. The molecule has 0 fully saturated rings. The first-order chi connectivity index (χ1) is 10.6. The van der Waals surface area contributed by atoms with E-state index >= 15 is 0 Å². The molecule has 5 nitrogen and oxygen atoms in total. The first-order valence-corrected chi connectivity index (χ1v) is 7.11. The quantitative estimate of drug-likeness (QED) is 0.690. The Morgan fingerprint density at radius 2 is 2.18 bits per heavy atom. The van der Waals surface area contributed by atoms with E-state index in [-0.39, 0.29) is 17.2 Å². The van der Waals surface area contributed by atoms with E-state index in [1.807, 2.05) is 6.07 Å². The summed E-state index contributed by atoms with van der Waals surface area (Å²) in [6, 6.07) is 5.85. The summed E-state index contributed by atoms with van der Waals surface area (Å²) in [7, 11) is 0. The molecule has 0 aliphatic heterocycles. The molecule has 2 heterocycles. The average molecular weight is 321 g/mol. The molecular formula is C15H14ClFN4O. The highest BCUT2D eigenvalue weighted by Crippen LogP contribution is 2.28. The first-order valence-electron chi connectivity index (χ1n) is 6.73. The lowest BCUT2D eigenvalue weighted by Crippen LogP contribution is -2.17. The van der Waals surface area contributed by atoms with Gasteiger partial charge in [-0.3, -0.25) is 0 Å². The zero-order chi connectivity index (χ0) is 15.7. The lowest BCUT2D eigenvalue weighted by Gasteiger charge is -2.19. The van der Waals surface area contributed by atoms with E-state index in [0.717, 1.165) is 5.39 Å². The normalized spacial score (nSPS) is 12.5. The topological polar surface area (TPSA) is 73.8 Å². The minimum Gasteiger partial charge on any atom is -0.394 e. The van der Waals surface area contributed by atoms with Gasteiger partial charge in [0.1, 0.15) is 23.1 Å². The Morgan fingerprint density at radius 1 is 1.36 bits per heavy atom. The molecule has 114 valence electrons. The van der Waals surface area contributed by atoms with Crippen molar-refractivity contribution in [3.63, 3.8) is 0 Å². The standard InChI is InChI=1S/C15H14ClFN4O/c1-8-19-14-10(5-6-18-14)15(20-8)21-12(7-22)9-3-2-4-11(16)13(9)17/h2-6,12,22H,7H2,1H3,(H2,18,19,20,21). The first kappa shape index (κ1) is 14.7. The van der Waals surface area contributed by atoms with E-state index in [1.165, 1.54) is 6.07 Å². The highest BCUT2D eigenvalue weighted by Gasteiger charge is 2.19. The number of rotatable bonds is 4. The van der Waals surface area contributed by atoms with E-state index in [2.05, 4.69) is 20.3 Å². The predicted molar refractivity (Wildman–Crippen MR) is 83.5 cm³/mol. The molecule has 7 heteroatoms. The summed E-state index contributed by atoms with van der Waals surface area (Å²) in [4.78, 5) is 11.6. The van der Waals surface area contributed by atoms with Crippen LogP contribution in [0, 0.1) is 12.7 Å².